The van der Waals surface area contributed by atoms with Gasteiger partial charge >= 0.3 is 0 Å². The number of benzene rings is 1. The number of nitrogens with two attached hydrogens (primary N) is 1. The van der Waals surface area contributed by atoms with E-state index >= 15 is 0 Å². The summed E-state index contributed by atoms with van der Waals surface area (Å²) in [4.78, 5) is 0. The van der Waals surface area contributed by atoms with E-state index in [1.54, 1.807) is 0 Å². The topological polar surface area (TPSA) is 35.2 Å². The Morgan fingerprint density at radius 3 is 2.33 bits per heavy atom. The van der Waals surface area contributed by atoms with Gasteiger partial charge in [0, 0.05) is 6.04 Å². The molecule has 1 unspecified atom stereocenters. The van der Waals surface area contributed by atoms with Crippen molar-refractivity contribution in [2.45, 2.75) is 52.5 Å². The summed E-state index contributed by atoms with van der Waals surface area (Å²) in [6, 6.07) is 10.3. The monoisotopic (exact) mass is 249 g/mol. The highest BCUT2D eigenvalue weighted by molar-refractivity contribution is 5.20. The molecule has 0 heterocycles. The summed E-state index contributed by atoms with van der Waals surface area (Å²) in [5.41, 5.74) is 6.35. The smallest absolute Gasteiger partial charge is 0.119 e. The van der Waals surface area contributed by atoms with Crippen molar-refractivity contribution in [3.63, 3.8) is 0 Å². The maximum Gasteiger partial charge on any atom is 0.119 e. The van der Waals surface area contributed by atoms with Crippen molar-refractivity contribution < 1.29 is 4.74 Å². The van der Waals surface area contributed by atoms with Gasteiger partial charge in [0.05, 0.1) is 6.61 Å². The average Bonchev–Trinajstić information content (AvgIpc) is 2.33. The van der Waals surface area contributed by atoms with Crippen LogP contribution in [-0.4, -0.2) is 12.6 Å². The van der Waals surface area contributed by atoms with E-state index in [0.29, 0.717) is 6.04 Å². The first-order valence-corrected chi connectivity index (χ1v) is 6.93. The molecule has 1 rings (SSSR count). The highest BCUT2D eigenvalue weighted by atomic mass is 16.5. The van der Waals surface area contributed by atoms with Crippen LogP contribution in [0.3, 0.4) is 0 Å². The van der Waals surface area contributed by atoms with Crippen LogP contribution >= 0.6 is 0 Å². The van der Waals surface area contributed by atoms with Crippen LogP contribution in [0.15, 0.2) is 30.3 Å². The van der Waals surface area contributed by atoms with Gasteiger partial charge in [0.15, 0.2) is 0 Å². The maximum absolute atomic E-state index is 6.13. The van der Waals surface area contributed by atoms with Crippen LogP contribution < -0.4 is 10.5 Å². The summed E-state index contributed by atoms with van der Waals surface area (Å²) in [6.07, 6.45) is 4.59. The zero-order chi connectivity index (χ0) is 13.4. The lowest BCUT2D eigenvalue weighted by molar-refractivity contribution is 0.283. The molecule has 0 saturated heterocycles. The second-order valence-electron chi connectivity index (χ2n) is 5.98. The normalized spacial score (nSPS) is 13.3. The molecule has 1 atom stereocenters. The van der Waals surface area contributed by atoms with Gasteiger partial charge in [0.2, 0.25) is 0 Å². The van der Waals surface area contributed by atoms with E-state index in [1.807, 2.05) is 30.3 Å². The van der Waals surface area contributed by atoms with Crippen LogP contribution in [0.5, 0.6) is 5.75 Å². The molecule has 18 heavy (non-hydrogen) atoms. The van der Waals surface area contributed by atoms with Gasteiger partial charge in [-0.3, -0.25) is 0 Å². The minimum atomic E-state index is 0.223. The van der Waals surface area contributed by atoms with Crippen molar-refractivity contribution >= 4 is 0 Å². The van der Waals surface area contributed by atoms with Crippen molar-refractivity contribution in [2.75, 3.05) is 6.61 Å². The SMILES string of the molecule is CC(C)(C)C(N)CCCCCOc1ccccc1. The number of rotatable bonds is 7. The molecule has 0 aliphatic heterocycles. The molecule has 1 aromatic carbocycles. The standard InChI is InChI=1S/C16H27NO/c1-16(2,3)15(17)12-8-5-9-13-18-14-10-6-4-7-11-14/h4,6-7,10-11,15H,5,8-9,12-13,17H2,1-3H3. The molecule has 2 nitrogen and oxygen atoms in total. The van der Waals surface area contributed by atoms with Gasteiger partial charge < -0.3 is 10.5 Å². The van der Waals surface area contributed by atoms with Crippen molar-refractivity contribution in [3.8, 4) is 5.75 Å². The van der Waals surface area contributed by atoms with Gasteiger partial charge in [-0.05, 0) is 30.4 Å². The number of unbranched alkanes of at least 4 members (excludes halogenated alkanes) is 2. The first kappa shape index (κ1) is 15.0. The van der Waals surface area contributed by atoms with Crippen molar-refractivity contribution in [3.05, 3.63) is 30.3 Å². The summed E-state index contributed by atoms with van der Waals surface area (Å²) >= 11 is 0. The third-order valence-electron chi connectivity index (χ3n) is 3.28. The van der Waals surface area contributed by atoms with Crippen molar-refractivity contribution in [1.82, 2.24) is 0 Å². The quantitative estimate of drug-likeness (QED) is 0.741. The van der Waals surface area contributed by atoms with Crippen molar-refractivity contribution in [1.29, 1.82) is 0 Å². The predicted octanol–water partition coefficient (Wildman–Crippen LogP) is 4.00. The summed E-state index contributed by atoms with van der Waals surface area (Å²) in [7, 11) is 0. The van der Waals surface area contributed by atoms with Crippen LogP contribution in [0, 0.1) is 5.41 Å². The molecule has 2 heteroatoms. The van der Waals surface area contributed by atoms with Gasteiger partial charge in [0.1, 0.15) is 5.75 Å². The summed E-state index contributed by atoms with van der Waals surface area (Å²) in [5.74, 6) is 0.962. The third kappa shape index (κ3) is 6.06. The van der Waals surface area contributed by atoms with Gasteiger partial charge in [-0.1, -0.05) is 51.8 Å². The molecule has 0 aliphatic carbocycles. The molecule has 0 radical (unpaired) electrons. The van der Waals surface area contributed by atoms with E-state index < -0.39 is 0 Å². The lowest BCUT2D eigenvalue weighted by atomic mass is 9.84. The van der Waals surface area contributed by atoms with E-state index in [2.05, 4.69) is 20.8 Å². The Labute approximate surface area is 112 Å². The van der Waals surface area contributed by atoms with Crippen LogP contribution in [-0.2, 0) is 0 Å². The molecule has 0 amide bonds. The summed E-state index contributed by atoms with van der Waals surface area (Å²) < 4.78 is 5.65. The fourth-order valence-corrected chi connectivity index (χ4v) is 1.78. The Balaban J connectivity index is 2.03. The van der Waals surface area contributed by atoms with E-state index in [9.17, 15) is 0 Å². The molecule has 0 fully saturated rings. The Bertz CT molecular complexity index is 316. The van der Waals surface area contributed by atoms with Gasteiger partial charge in [0.25, 0.3) is 0 Å². The lowest BCUT2D eigenvalue weighted by Gasteiger charge is -2.26. The minimum absolute atomic E-state index is 0.223. The van der Waals surface area contributed by atoms with Crippen molar-refractivity contribution in [2.24, 2.45) is 11.1 Å². The van der Waals surface area contributed by atoms with Gasteiger partial charge in [-0.2, -0.15) is 0 Å². The van der Waals surface area contributed by atoms with Gasteiger partial charge in [-0.25, -0.2) is 0 Å². The Kier molecular flexibility index (Phi) is 6.20. The van der Waals surface area contributed by atoms with Crippen LogP contribution in [0.2, 0.25) is 0 Å². The van der Waals surface area contributed by atoms with E-state index in [-0.39, 0.29) is 5.41 Å². The summed E-state index contributed by atoms with van der Waals surface area (Å²) in [6.45, 7) is 7.41. The second-order valence-corrected chi connectivity index (χ2v) is 5.98. The average molecular weight is 249 g/mol. The molecule has 102 valence electrons. The third-order valence-corrected chi connectivity index (χ3v) is 3.28. The molecule has 0 aliphatic rings. The van der Waals surface area contributed by atoms with Crippen LogP contribution in [0.4, 0.5) is 0 Å². The molecule has 1 aromatic rings. The van der Waals surface area contributed by atoms with Crippen LogP contribution in [0.25, 0.3) is 0 Å². The number of hydrogen-bond donors (Lipinski definition) is 1. The van der Waals surface area contributed by atoms with E-state index in [1.165, 1.54) is 12.8 Å². The van der Waals surface area contributed by atoms with E-state index in [4.69, 9.17) is 10.5 Å². The number of para-hydroxylation sites is 1. The number of hydrogen-bond acceptors (Lipinski definition) is 2. The predicted molar refractivity (Wildman–Crippen MR) is 77.8 cm³/mol. The Morgan fingerprint density at radius 2 is 1.72 bits per heavy atom. The second kappa shape index (κ2) is 7.42. The largest absolute Gasteiger partial charge is 0.494 e. The van der Waals surface area contributed by atoms with E-state index in [0.717, 1.165) is 25.2 Å². The first-order valence-electron chi connectivity index (χ1n) is 6.93. The molecular formula is C16H27NO. The number of ether oxygens (including phenoxy) is 1. The molecule has 0 saturated carbocycles. The van der Waals surface area contributed by atoms with Crippen LogP contribution in [0.1, 0.15) is 46.5 Å². The first-order chi connectivity index (χ1) is 8.50. The molecule has 0 aromatic heterocycles. The highest BCUT2D eigenvalue weighted by Crippen LogP contribution is 2.21. The Morgan fingerprint density at radius 1 is 1.06 bits per heavy atom. The fourth-order valence-electron chi connectivity index (χ4n) is 1.78. The zero-order valence-corrected chi connectivity index (χ0v) is 12.0. The summed E-state index contributed by atoms with van der Waals surface area (Å²) in [5, 5.41) is 0. The maximum atomic E-state index is 6.13. The molecule has 0 bridgehead atoms. The molecule has 2 N–H and O–H groups in total. The fraction of sp³-hybridized carbons (Fsp3) is 0.625. The highest BCUT2D eigenvalue weighted by Gasteiger charge is 2.19. The zero-order valence-electron chi connectivity index (χ0n) is 12.0. The molecular weight excluding hydrogens is 222 g/mol. The minimum Gasteiger partial charge on any atom is -0.494 e. The molecule has 0 spiro atoms. The Hall–Kier alpha value is -1.02. The van der Waals surface area contributed by atoms with Gasteiger partial charge in [-0.15, -0.1) is 0 Å². The lowest BCUT2D eigenvalue weighted by Crippen LogP contribution is -2.34.